The molecule has 1 aliphatic heterocycles. The molecule has 0 unspecified atom stereocenters. The number of carbonyl (C=O) groups excluding carboxylic acids is 2. The lowest BCUT2D eigenvalue weighted by atomic mass is 10.5. The fourth-order valence-electron chi connectivity index (χ4n) is 1.09. The molecule has 0 atom stereocenters. The monoisotopic (exact) mass is 230 g/mol. The van der Waals surface area contributed by atoms with Crippen molar-refractivity contribution in [1.29, 1.82) is 0 Å². The summed E-state index contributed by atoms with van der Waals surface area (Å²) in [7, 11) is 0. The summed E-state index contributed by atoms with van der Waals surface area (Å²) in [6.07, 6.45) is 21.2. The number of cyclic esters (lactones) is 2. The van der Waals surface area contributed by atoms with Gasteiger partial charge < -0.3 is 4.74 Å². The van der Waals surface area contributed by atoms with E-state index in [9.17, 15) is 9.59 Å². The number of rotatable bonds is 0. The van der Waals surface area contributed by atoms with Crippen LogP contribution in [0.5, 0.6) is 0 Å². The van der Waals surface area contributed by atoms with Crippen LogP contribution in [0.1, 0.15) is 12.8 Å². The average Bonchev–Trinajstić information content (AvgIpc) is 3.03. The van der Waals surface area contributed by atoms with Crippen LogP contribution in [0.4, 0.5) is 0 Å². The number of esters is 2. The Bertz CT molecular complexity index is 351. The normalized spacial score (nSPS) is 17.6. The molecule has 0 bridgehead atoms. The van der Waals surface area contributed by atoms with Crippen LogP contribution in [0, 0.1) is 0 Å². The highest BCUT2D eigenvalue weighted by atomic mass is 16.6. The predicted octanol–water partition coefficient (Wildman–Crippen LogP) is 2.63. The largest absolute Gasteiger partial charge is 0.387 e. The first-order chi connectivity index (χ1) is 8.29. The van der Waals surface area contributed by atoms with E-state index in [1.807, 2.05) is 0 Å². The van der Waals surface area contributed by atoms with E-state index in [0.29, 0.717) is 0 Å². The van der Waals surface area contributed by atoms with E-state index in [1.54, 1.807) is 0 Å². The number of allylic oxidation sites excluding steroid dienone is 8. The van der Waals surface area contributed by atoms with E-state index in [4.69, 9.17) is 0 Å². The van der Waals surface area contributed by atoms with Gasteiger partial charge in [-0.2, -0.15) is 0 Å². The molecule has 1 heterocycles. The van der Waals surface area contributed by atoms with Gasteiger partial charge in [0.2, 0.25) is 0 Å². The van der Waals surface area contributed by atoms with Gasteiger partial charge in [0.25, 0.3) is 0 Å². The maximum atomic E-state index is 9.92. The molecule has 3 aliphatic rings. The van der Waals surface area contributed by atoms with Gasteiger partial charge in [-0.05, 0) is 12.8 Å². The van der Waals surface area contributed by atoms with Crippen LogP contribution >= 0.6 is 0 Å². The fourth-order valence-corrected chi connectivity index (χ4v) is 1.09. The van der Waals surface area contributed by atoms with Gasteiger partial charge in [-0.25, -0.2) is 9.59 Å². The minimum Gasteiger partial charge on any atom is -0.387 e. The topological polar surface area (TPSA) is 43.4 Å². The fraction of sp³-hybridized carbons (Fsp3) is 0.143. The van der Waals surface area contributed by atoms with Gasteiger partial charge in [-0.1, -0.05) is 48.6 Å². The summed E-state index contributed by atoms with van der Waals surface area (Å²) in [5.41, 5.74) is 0. The van der Waals surface area contributed by atoms with E-state index >= 15 is 0 Å². The molecule has 0 N–H and O–H groups in total. The quantitative estimate of drug-likeness (QED) is 0.474. The first-order valence-corrected chi connectivity index (χ1v) is 5.36. The van der Waals surface area contributed by atoms with Crippen molar-refractivity contribution in [2.24, 2.45) is 0 Å². The molecule has 0 aromatic heterocycles. The molecule has 88 valence electrons. The molecule has 0 fully saturated rings. The number of hydrogen-bond donors (Lipinski definition) is 0. The minimum atomic E-state index is -0.579. The molecule has 17 heavy (non-hydrogen) atoms. The Balaban J connectivity index is 0.000000130. The molecule has 0 aromatic rings. The van der Waals surface area contributed by atoms with Crippen LogP contribution in [0.2, 0.25) is 0 Å². The Morgan fingerprint density at radius 1 is 0.706 bits per heavy atom. The maximum Gasteiger partial charge on any atom is 0.338 e. The van der Waals surface area contributed by atoms with Crippen molar-refractivity contribution in [3.63, 3.8) is 0 Å². The summed E-state index contributed by atoms with van der Waals surface area (Å²) in [4.78, 5) is 19.8. The molecule has 0 spiro atoms. The first-order valence-electron chi connectivity index (χ1n) is 5.36. The van der Waals surface area contributed by atoms with Crippen molar-refractivity contribution in [3.8, 4) is 0 Å². The van der Waals surface area contributed by atoms with E-state index in [1.165, 1.54) is 0 Å². The molecule has 3 heteroatoms. The van der Waals surface area contributed by atoms with E-state index in [2.05, 4.69) is 53.3 Å². The molecular formula is C14H14O3. The van der Waals surface area contributed by atoms with Crippen LogP contribution in [0.25, 0.3) is 0 Å². The van der Waals surface area contributed by atoms with Crippen LogP contribution in [-0.2, 0) is 14.3 Å². The summed E-state index contributed by atoms with van der Waals surface area (Å²) < 4.78 is 3.97. The summed E-state index contributed by atoms with van der Waals surface area (Å²) >= 11 is 0. The van der Waals surface area contributed by atoms with Crippen LogP contribution < -0.4 is 0 Å². The molecule has 2 aliphatic carbocycles. The van der Waals surface area contributed by atoms with Crippen LogP contribution in [0.15, 0.2) is 60.8 Å². The Morgan fingerprint density at radius 2 is 1.06 bits per heavy atom. The van der Waals surface area contributed by atoms with Gasteiger partial charge in [0.1, 0.15) is 0 Å². The molecule has 3 rings (SSSR count). The summed E-state index contributed by atoms with van der Waals surface area (Å²) in [6.45, 7) is 0. The third-order valence-corrected chi connectivity index (χ3v) is 1.87. The second kappa shape index (κ2) is 8.05. The highest BCUT2D eigenvalue weighted by molar-refractivity contribution is 6.04. The third kappa shape index (κ3) is 6.84. The molecule has 0 saturated carbocycles. The van der Waals surface area contributed by atoms with Gasteiger partial charge in [0.05, 0.1) is 0 Å². The van der Waals surface area contributed by atoms with Crippen molar-refractivity contribution in [2.75, 3.05) is 0 Å². The molecule has 3 nitrogen and oxygen atoms in total. The number of hydrogen-bond acceptors (Lipinski definition) is 3. The van der Waals surface area contributed by atoms with Gasteiger partial charge in [0, 0.05) is 12.2 Å². The Hall–Kier alpha value is -2.16. The second-order valence-corrected chi connectivity index (χ2v) is 3.26. The van der Waals surface area contributed by atoms with Gasteiger partial charge >= 0.3 is 11.9 Å². The van der Waals surface area contributed by atoms with E-state index in [-0.39, 0.29) is 0 Å². The van der Waals surface area contributed by atoms with Gasteiger partial charge in [0.15, 0.2) is 0 Å². The summed E-state index contributed by atoms with van der Waals surface area (Å²) in [5.74, 6) is -1.16. The maximum absolute atomic E-state index is 9.92. The zero-order valence-corrected chi connectivity index (χ0v) is 9.41. The molecule has 0 aromatic carbocycles. The van der Waals surface area contributed by atoms with Crippen LogP contribution in [-0.4, -0.2) is 11.9 Å². The molecule has 0 radical (unpaired) electrons. The Labute approximate surface area is 100 Å². The van der Waals surface area contributed by atoms with Gasteiger partial charge in [-0.15, -0.1) is 0 Å². The smallest absolute Gasteiger partial charge is 0.338 e. The lowest BCUT2D eigenvalue weighted by Gasteiger charge is -1.80. The van der Waals surface area contributed by atoms with Crippen molar-refractivity contribution >= 4 is 11.9 Å². The zero-order valence-electron chi connectivity index (χ0n) is 9.41. The predicted molar refractivity (Wildman–Crippen MR) is 66.0 cm³/mol. The minimum absolute atomic E-state index is 0.579. The highest BCUT2D eigenvalue weighted by Gasteiger charge is 2.10. The van der Waals surface area contributed by atoms with Crippen molar-refractivity contribution in [2.45, 2.75) is 12.8 Å². The number of carbonyl (C=O) groups is 2. The van der Waals surface area contributed by atoms with Crippen molar-refractivity contribution < 1.29 is 14.3 Å². The summed E-state index contributed by atoms with van der Waals surface area (Å²) in [6, 6.07) is 0. The standard InChI is InChI=1S/2C5H6.C4H2O3/c2*1-2-4-5-3-1;5-3-1-2-4(6)7-3/h2*1-4H,5H2;1-2H. The van der Waals surface area contributed by atoms with Gasteiger partial charge in [-0.3, -0.25) is 0 Å². The lowest BCUT2D eigenvalue weighted by Crippen LogP contribution is -1.96. The third-order valence-electron chi connectivity index (χ3n) is 1.87. The SMILES string of the molecule is C1=CCC=C1.C1=CCC=C1.O=C1C=CC(=O)O1. The summed E-state index contributed by atoms with van der Waals surface area (Å²) in [5, 5.41) is 0. The second-order valence-electron chi connectivity index (χ2n) is 3.26. The lowest BCUT2D eigenvalue weighted by molar-refractivity contribution is -0.150. The average molecular weight is 230 g/mol. The van der Waals surface area contributed by atoms with E-state index in [0.717, 1.165) is 25.0 Å². The van der Waals surface area contributed by atoms with Crippen LogP contribution in [0.3, 0.4) is 0 Å². The van der Waals surface area contributed by atoms with Crippen molar-refractivity contribution in [1.82, 2.24) is 0 Å². The molecule has 0 amide bonds. The Morgan fingerprint density at radius 3 is 1.18 bits per heavy atom. The van der Waals surface area contributed by atoms with Crippen molar-refractivity contribution in [3.05, 3.63) is 60.8 Å². The zero-order chi connectivity index (χ0) is 12.3. The molecular weight excluding hydrogens is 216 g/mol. The molecule has 0 saturated heterocycles. The van der Waals surface area contributed by atoms with E-state index < -0.39 is 11.9 Å². The number of ether oxygens (including phenoxy) is 1. The highest BCUT2D eigenvalue weighted by Crippen LogP contribution is 1.94. The Kier molecular flexibility index (Phi) is 6.11. The first kappa shape index (κ1) is 12.9.